The summed E-state index contributed by atoms with van der Waals surface area (Å²) in [4.78, 5) is 14.6. The van der Waals surface area contributed by atoms with Crippen molar-refractivity contribution >= 4 is 21.6 Å². The van der Waals surface area contributed by atoms with Crippen molar-refractivity contribution in [3.8, 4) is 0 Å². The van der Waals surface area contributed by atoms with E-state index in [1.165, 1.54) is 9.87 Å². The van der Waals surface area contributed by atoms with Gasteiger partial charge in [0, 0.05) is 31.9 Å². The maximum Gasteiger partial charge on any atom is 0.241 e. The number of benzene rings is 2. The molecule has 29 heavy (non-hydrogen) atoms. The number of nitrogens with zero attached hydrogens (tertiary/aromatic N) is 2. The van der Waals surface area contributed by atoms with E-state index in [0.717, 1.165) is 17.7 Å². The van der Waals surface area contributed by atoms with Gasteiger partial charge in [0.2, 0.25) is 15.9 Å². The highest BCUT2D eigenvalue weighted by Crippen LogP contribution is 2.16. The Morgan fingerprint density at radius 1 is 0.966 bits per heavy atom. The monoisotopic (exact) mass is 415 g/mol. The molecule has 2 aromatic carbocycles. The van der Waals surface area contributed by atoms with Gasteiger partial charge >= 0.3 is 0 Å². The molecule has 1 heterocycles. The largest absolute Gasteiger partial charge is 0.325 e. The Bertz CT molecular complexity index is 906. The second-order valence-corrected chi connectivity index (χ2v) is 9.36. The Labute approximate surface area is 173 Å². The maximum atomic E-state index is 12.7. The van der Waals surface area contributed by atoms with Gasteiger partial charge in [-0.25, -0.2) is 8.42 Å². The molecule has 0 bridgehead atoms. The van der Waals surface area contributed by atoms with Crippen LogP contribution in [0.3, 0.4) is 0 Å². The average molecular weight is 416 g/mol. The van der Waals surface area contributed by atoms with Gasteiger partial charge in [-0.1, -0.05) is 49.4 Å². The highest BCUT2D eigenvalue weighted by atomic mass is 32.2. The number of piperazine rings is 1. The topological polar surface area (TPSA) is 69.7 Å². The summed E-state index contributed by atoms with van der Waals surface area (Å²) in [5.41, 5.74) is 2.80. The van der Waals surface area contributed by atoms with Crippen LogP contribution in [0.15, 0.2) is 54.6 Å². The van der Waals surface area contributed by atoms with Crippen LogP contribution in [0.4, 0.5) is 5.69 Å². The molecule has 1 aliphatic rings. The Morgan fingerprint density at radius 2 is 1.59 bits per heavy atom. The minimum atomic E-state index is -3.35. The van der Waals surface area contributed by atoms with Gasteiger partial charge in [0.1, 0.15) is 0 Å². The third kappa shape index (κ3) is 5.65. The van der Waals surface area contributed by atoms with Gasteiger partial charge in [-0.3, -0.25) is 9.69 Å². The first kappa shape index (κ1) is 21.5. The molecule has 7 heteroatoms. The van der Waals surface area contributed by atoms with Gasteiger partial charge in [0.15, 0.2) is 0 Å². The van der Waals surface area contributed by atoms with Crippen LogP contribution in [-0.2, 0) is 27.0 Å². The van der Waals surface area contributed by atoms with Gasteiger partial charge in [0.05, 0.1) is 11.8 Å². The number of aryl methyl sites for hydroxylation is 1. The van der Waals surface area contributed by atoms with Crippen LogP contribution >= 0.6 is 0 Å². The zero-order valence-electron chi connectivity index (χ0n) is 17.0. The SMILES string of the molecule is CCc1ccc(NC(=O)[C@@H](C)N2CCN(S(=O)(=O)Cc3ccccc3)CC2)cc1. The van der Waals surface area contributed by atoms with Crippen LogP contribution in [0.25, 0.3) is 0 Å². The van der Waals surface area contributed by atoms with E-state index in [4.69, 9.17) is 0 Å². The molecule has 156 valence electrons. The van der Waals surface area contributed by atoms with E-state index in [1.807, 2.05) is 66.4 Å². The van der Waals surface area contributed by atoms with E-state index in [2.05, 4.69) is 12.2 Å². The van der Waals surface area contributed by atoms with Crippen molar-refractivity contribution in [2.45, 2.75) is 32.1 Å². The lowest BCUT2D eigenvalue weighted by molar-refractivity contribution is -0.121. The Morgan fingerprint density at radius 3 is 2.17 bits per heavy atom. The van der Waals surface area contributed by atoms with Crippen molar-refractivity contribution in [3.63, 3.8) is 0 Å². The van der Waals surface area contributed by atoms with Crippen LogP contribution in [-0.4, -0.2) is 55.8 Å². The molecule has 1 saturated heterocycles. The summed E-state index contributed by atoms with van der Waals surface area (Å²) in [5.74, 6) is -0.0627. The standard InChI is InChI=1S/C22H29N3O3S/c1-3-19-9-11-21(12-10-19)23-22(26)18(2)24-13-15-25(16-14-24)29(27,28)17-20-7-5-4-6-8-20/h4-12,18H,3,13-17H2,1-2H3,(H,23,26)/t18-/m1/s1. The number of hydrogen-bond acceptors (Lipinski definition) is 4. The Balaban J connectivity index is 1.53. The van der Waals surface area contributed by atoms with Crippen LogP contribution in [0, 0.1) is 0 Å². The molecule has 1 fully saturated rings. The zero-order valence-corrected chi connectivity index (χ0v) is 17.9. The molecule has 0 unspecified atom stereocenters. The number of carbonyl (C=O) groups is 1. The van der Waals surface area contributed by atoms with E-state index in [1.54, 1.807) is 0 Å². The van der Waals surface area contributed by atoms with Crippen LogP contribution in [0.1, 0.15) is 25.0 Å². The average Bonchev–Trinajstić information content (AvgIpc) is 2.74. The predicted octanol–water partition coefficient (Wildman–Crippen LogP) is 2.72. The number of anilines is 1. The predicted molar refractivity (Wildman–Crippen MR) is 116 cm³/mol. The molecular formula is C22H29N3O3S. The van der Waals surface area contributed by atoms with Crippen molar-refractivity contribution in [1.29, 1.82) is 0 Å². The van der Waals surface area contributed by atoms with Crippen LogP contribution < -0.4 is 5.32 Å². The minimum absolute atomic E-state index is 0.0115. The summed E-state index contributed by atoms with van der Waals surface area (Å²) >= 11 is 0. The van der Waals surface area contributed by atoms with Gasteiger partial charge in [-0.2, -0.15) is 4.31 Å². The minimum Gasteiger partial charge on any atom is -0.325 e. The van der Waals surface area contributed by atoms with E-state index >= 15 is 0 Å². The molecule has 0 spiro atoms. The lowest BCUT2D eigenvalue weighted by Gasteiger charge is -2.36. The molecule has 1 N–H and O–H groups in total. The summed E-state index contributed by atoms with van der Waals surface area (Å²) < 4.78 is 26.9. The second-order valence-electron chi connectivity index (χ2n) is 7.39. The first-order valence-electron chi connectivity index (χ1n) is 10.0. The summed E-state index contributed by atoms with van der Waals surface area (Å²) in [5, 5.41) is 2.95. The Kier molecular flexibility index (Phi) is 7.05. The number of nitrogens with one attached hydrogen (secondary N) is 1. The van der Waals surface area contributed by atoms with E-state index in [9.17, 15) is 13.2 Å². The second kappa shape index (κ2) is 9.52. The number of hydrogen-bond donors (Lipinski definition) is 1. The smallest absolute Gasteiger partial charge is 0.241 e. The Hall–Kier alpha value is -2.22. The molecule has 3 rings (SSSR count). The summed E-state index contributed by atoms with van der Waals surface area (Å²) in [7, 11) is -3.35. The summed E-state index contributed by atoms with van der Waals surface area (Å²) in [6, 6.07) is 16.7. The van der Waals surface area contributed by atoms with Gasteiger partial charge in [0.25, 0.3) is 0 Å². The summed E-state index contributed by atoms with van der Waals surface area (Å²) in [6.07, 6.45) is 0.960. The first-order chi connectivity index (χ1) is 13.9. The van der Waals surface area contributed by atoms with Crippen molar-refractivity contribution < 1.29 is 13.2 Å². The highest BCUT2D eigenvalue weighted by molar-refractivity contribution is 7.88. The van der Waals surface area contributed by atoms with Crippen molar-refractivity contribution in [3.05, 3.63) is 65.7 Å². The van der Waals surface area contributed by atoms with E-state index in [0.29, 0.717) is 26.2 Å². The zero-order chi connectivity index (χ0) is 20.9. The molecule has 0 saturated carbocycles. The fraction of sp³-hybridized carbons (Fsp3) is 0.409. The lowest BCUT2D eigenvalue weighted by atomic mass is 10.1. The normalized spacial score (nSPS) is 17.0. The third-order valence-corrected chi connectivity index (χ3v) is 7.27. The maximum absolute atomic E-state index is 12.7. The van der Waals surface area contributed by atoms with Gasteiger partial charge in [-0.15, -0.1) is 0 Å². The van der Waals surface area contributed by atoms with Crippen molar-refractivity contribution in [2.24, 2.45) is 0 Å². The van der Waals surface area contributed by atoms with Crippen molar-refractivity contribution in [2.75, 3.05) is 31.5 Å². The number of carbonyl (C=O) groups excluding carboxylic acids is 1. The molecule has 2 aromatic rings. The van der Waals surface area contributed by atoms with Crippen molar-refractivity contribution in [1.82, 2.24) is 9.21 Å². The summed E-state index contributed by atoms with van der Waals surface area (Å²) in [6.45, 7) is 5.84. The molecule has 0 aliphatic carbocycles. The van der Waals surface area contributed by atoms with E-state index in [-0.39, 0.29) is 17.7 Å². The van der Waals surface area contributed by atoms with Crippen LogP contribution in [0.5, 0.6) is 0 Å². The fourth-order valence-corrected chi connectivity index (χ4v) is 5.00. The molecule has 0 aromatic heterocycles. The van der Waals surface area contributed by atoms with Gasteiger partial charge in [-0.05, 0) is 36.6 Å². The first-order valence-corrected chi connectivity index (χ1v) is 11.7. The van der Waals surface area contributed by atoms with Gasteiger partial charge < -0.3 is 5.32 Å². The molecule has 1 atom stereocenters. The van der Waals surface area contributed by atoms with E-state index < -0.39 is 10.0 Å². The highest BCUT2D eigenvalue weighted by Gasteiger charge is 2.30. The molecule has 1 aliphatic heterocycles. The lowest BCUT2D eigenvalue weighted by Crippen LogP contribution is -2.54. The fourth-order valence-electron chi connectivity index (χ4n) is 3.48. The molecular weight excluding hydrogens is 386 g/mol. The quantitative estimate of drug-likeness (QED) is 0.755. The van der Waals surface area contributed by atoms with Crippen LogP contribution in [0.2, 0.25) is 0 Å². The molecule has 6 nitrogen and oxygen atoms in total. The molecule has 0 radical (unpaired) electrons. The molecule has 1 amide bonds. The number of rotatable bonds is 7. The number of sulfonamides is 1. The third-order valence-electron chi connectivity index (χ3n) is 5.42. The number of amides is 1.